The maximum Gasteiger partial charge on any atom is 0.416 e. The molecule has 0 aliphatic carbocycles. The predicted molar refractivity (Wildman–Crippen MR) is 78.8 cm³/mol. The van der Waals surface area contributed by atoms with Crippen molar-refractivity contribution >= 4 is 28.8 Å². The number of alkyl halides is 3. The highest BCUT2D eigenvalue weighted by Crippen LogP contribution is 2.32. The van der Waals surface area contributed by atoms with Crippen molar-refractivity contribution in [3.63, 3.8) is 0 Å². The Morgan fingerprint density at radius 3 is 2.24 bits per heavy atom. The van der Waals surface area contributed by atoms with E-state index in [1.54, 1.807) is 13.8 Å². The zero-order valence-corrected chi connectivity index (χ0v) is 12.3. The summed E-state index contributed by atoms with van der Waals surface area (Å²) in [5.41, 5.74) is 10.1. The van der Waals surface area contributed by atoms with E-state index in [9.17, 15) is 18.0 Å². The molecule has 0 bridgehead atoms. The van der Waals surface area contributed by atoms with Crippen molar-refractivity contribution in [3.8, 4) is 0 Å². The number of amides is 1. The van der Waals surface area contributed by atoms with Gasteiger partial charge in [-0.3, -0.25) is 4.79 Å². The number of nitrogens with two attached hydrogens (primary N) is 2. The lowest BCUT2D eigenvalue weighted by molar-refractivity contribution is -0.137. The molecule has 0 spiro atoms. The van der Waals surface area contributed by atoms with Crippen molar-refractivity contribution in [2.24, 2.45) is 17.4 Å². The molecule has 21 heavy (non-hydrogen) atoms. The second-order valence-electron chi connectivity index (χ2n) is 4.89. The second-order valence-corrected chi connectivity index (χ2v) is 5.33. The van der Waals surface area contributed by atoms with Crippen molar-refractivity contribution < 1.29 is 18.0 Å². The fourth-order valence-corrected chi connectivity index (χ4v) is 1.95. The fraction of sp³-hybridized carbons (Fsp3) is 0.385. The van der Waals surface area contributed by atoms with Gasteiger partial charge in [0.1, 0.15) is 11.0 Å². The van der Waals surface area contributed by atoms with E-state index >= 15 is 0 Å². The normalized spacial score (nSPS) is 13.0. The van der Waals surface area contributed by atoms with Gasteiger partial charge < -0.3 is 16.8 Å². The number of nitrogens with one attached hydrogen (secondary N) is 1. The van der Waals surface area contributed by atoms with Crippen LogP contribution in [0.1, 0.15) is 25.0 Å². The molecule has 0 aliphatic rings. The predicted octanol–water partition coefficient (Wildman–Crippen LogP) is 2.26. The molecule has 0 saturated heterocycles. The summed E-state index contributed by atoms with van der Waals surface area (Å²) in [7, 11) is 0. The largest absolute Gasteiger partial charge is 0.416 e. The molecule has 1 aromatic rings. The minimum atomic E-state index is -4.50. The maximum absolute atomic E-state index is 12.7. The Kier molecular flexibility index (Phi) is 5.16. The van der Waals surface area contributed by atoms with Crippen LogP contribution in [0.3, 0.4) is 0 Å². The number of hydrogen-bond donors (Lipinski definition) is 3. The van der Waals surface area contributed by atoms with Crippen molar-refractivity contribution in [1.82, 2.24) is 0 Å². The van der Waals surface area contributed by atoms with E-state index in [0.717, 1.165) is 12.1 Å². The van der Waals surface area contributed by atoms with Gasteiger partial charge in [0.05, 0.1) is 5.56 Å². The number of hydrogen-bond acceptors (Lipinski definition) is 3. The average molecular weight is 319 g/mol. The van der Waals surface area contributed by atoms with Crippen LogP contribution in [0.25, 0.3) is 0 Å². The lowest BCUT2D eigenvalue weighted by Gasteiger charge is -2.22. The van der Waals surface area contributed by atoms with Crippen LogP contribution in [0.15, 0.2) is 18.2 Å². The molecule has 0 fully saturated rings. The third kappa shape index (κ3) is 4.32. The third-order valence-electron chi connectivity index (χ3n) is 2.90. The van der Waals surface area contributed by atoms with E-state index in [1.165, 1.54) is 6.07 Å². The molecular weight excluding hydrogens is 303 g/mol. The van der Waals surface area contributed by atoms with Gasteiger partial charge in [-0.15, -0.1) is 0 Å². The Balaban J connectivity index is 3.24. The van der Waals surface area contributed by atoms with Crippen molar-refractivity contribution in [3.05, 3.63) is 29.3 Å². The van der Waals surface area contributed by atoms with Gasteiger partial charge in [0, 0.05) is 11.3 Å². The molecule has 0 saturated carbocycles. The quantitative estimate of drug-likeness (QED) is 0.727. The molecule has 0 aliphatic heterocycles. The first-order chi connectivity index (χ1) is 9.54. The summed E-state index contributed by atoms with van der Waals surface area (Å²) in [6, 6.07) is 2.19. The van der Waals surface area contributed by atoms with Crippen LogP contribution in [-0.2, 0) is 11.0 Å². The summed E-state index contributed by atoms with van der Waals surface area (Å²) < 4.78 is 38.1. The SMILES string of the molecule is CC(C)C(Nc1ccc(C(F)(F)F)cc1C(N)=S)C(N)=O. The number of halogens is 3. The zero-order valence-electron chi connectivity index (χ0n) is 11.5. The zero-order chi connectivity index (χ0) is 16.4. The molecule has 1 atom stereocenters. The Hall–Kier alpha value is -1.83. The number of thiocarbonyl (C=S) groups is 1. The van der Waals surface area contributed by atoms with Crippen LogP contribution in [0.5, 0.6) is 0 Å². The summed E-state index contributed by atoms with van der Waals surface area (Å²) in [5.74, 6) is -0.761. The van der Waals surface area contributed by atoms with Crippen LogP contribution in [0, 0.1) is 5.92 Å². The van der Waals surface area contributed by atoms with Crippen molar-refractivity contribution in [2.45, 2.75) is 26.1 Å². The van der Waals surface area contributed by atoms with E-state index in [2.05, 4.69) is 5.32 Å². The first kappa shape index (κ1) is 17.2. The monoisotopic (exact) mass is 319 g/mol. The highest BCUT2D eigenvalue weighted by Gasteiger charge is 2.31. The highest BCUT2D eigenvalue weighted by molar-refractivity contribution is 7.80. The summed E-state index contributed by atoms with van der Waals surface area (Å²) in [5, 5.41) is 2.80. The number of benzene rings is 1. The summed E-state index contributed by atoms with van der Waals surface area (Å²) in [6.45, 7) is 3.51. The topological polar surface area (TPSA) is 81.1 Å². The van der Waals surface area contributed by atoms with Crippen LogP contribution >= 0.6 is 12.2 Å². The van der Waals surface area contributed by atoms with Gasteiger partial charge in [-0.2, -0.15) is 13.2 Å². The van der Waals surface area contributed by atoms with E-state index in [4.69, 9.17) is 23.7 Å². The number of carbonyl (C=O) groups is 1. The number of primary amides is 1. The second kappa shape index (κ2) is 6.30. The molecule has 0 heterocycles. The molecule has 1 aromatic carbocycles. The van der Waals surface area contributed by atoms with Crippen LogP contribution < -0.4 is 16.8 Å². The Labute approximate surface area is 125 Å². The minimum Gasteiger partial charge on any atom is -0.389 e. The average Bonchev–Trinajstić information content (AvgIpc) is 2.33. The molecule has 5 N–H and O–H groups in total. The Morgan fingerprint density at radius 2 is 1.86 bits per heavy atom. The van der Waals surface area contributed by atoms with E-state index in [0.29, 0.717) is 0 Å². The molecule has 1 rings (SSSR count). The lowest BCUT2D eigenvalue weighted by atomic mass is 10.0. The van der Waals surface area contributed by atoms with E-state index < -0.39 is 23.7 Å². The molecule has 1 unspecified atom stereocenters. The van der Waals surface area contributed by atoms with Crippen LogP contribution in [0.2, 0.25) is 0 Å². The minimum absolute atomic E-state index is 0.0201. The fourth-order valence-electron chi connectivity index (χ4n) is 1.78. The van der Waals surface area contributed by atoms with Gasteiger partial charge >= 0.3 is 6.18 Å². The molecule has 116 valence electrons. The van der Waals surface area contributed by atoms with Gasteiger partial charge in [-0.05, 0) is 24.1 Å². The van der Waals surface area contributed by atoms with Crippen LogP contribution in [0.4, 0.5) is 18.9 Å². The standard InChI is InChI=1S/C13H16F3N3OS/c1-6(2)10(11(17)20)19-9-4-3-7(13(14,15)16)5-8(9)12(18)21/h3-6,10,19H,1-2H3,(H2,17,20)(H2,18,21). The molecule has 0 aromatic heterocycles. The first-order valence-corrected chi connectivity index (χ1v) is 6.51. The van der Waals surface area contributed by atoms with E-state index in [1.807, 2.05) is 0 Å². The van der Waals surface area contributed by atoms with Gasteiger partial charge in [0.2, 0.25) is 5.91 Å². The number of anilines is 1. The molecule has 4 nitrogen and oxygen atoms in total. The van der Waals surface area contributed by atoms with E-state index in [-0.39, 0.29) is 22.2 Å². The van der Waals surface area contributed by atoms with Gasteiger partial charge in [0.25, 0.3) is 0 Å². The molecule has 0 radical (unpaired) electrons. The summed E-state index contributed by atoms with van der Waals surface area (Å²) >= 11 is 4.77. The highest BCUT2D eigenvalue weighted by atomic mass is 32.1. The van der Waals surface area contributed by atoms with Crippen molar-refractivity contribution in [1.29, 1.82) is 0 Å². The number of carbonyl (C=O) groups excluding carboxylic acids is 1. The summed E-state index contributed by atoms with van der Waals surface area (Å²) in [4.78, 5) is 11.2. The number of rotatable bonds is 5. The lowest BCUT2D eigenvalue weighted by Crippen LogP contribution is -2.40. The third-order valence-corrected chi connectivity index (χ3v) is 3.12. The molecular formula is C13H16F3N3OS. The van der Waals surface area contributed by atoms with Crippen molar-refractivity contribution in [2.75, 3.05) is 5.32 Å². The summed E-state index contributed by atoms with van der Waals surface area (Å²) in [6.07, 6.45) is -4.50. The first-order valence-electron chi connectivity index (χ1n) is 6.11. The van der Waals surface area contributed by atoms with Gasteiger partial charge in [-0.1, -0.05) is 26.1 Å². The Morgan fingerprint density at radius 1 is 1.29 bits per heavy atom. The Bertz CT molecular complexity index is 558. The smallest absolute Gasteiger partial charge is 0.389 e. The maximum atomic E-state index is 12.7. The van der Waals surface area contributed by atoms with Gasteiger partial charge in [-0.25, -0.2) is 0 Å². The molecule has 8 heteroatoms. The van der Waals surface area contributed by atoms with Crippen LogP contribution in [-0.4, -0.2) is 16.9 Å². The molecule has 1 amide bonds. The van der Waals surface area contributed by atoms with Gasteiger partial charge in [0.15, 0.2) is 0 Å².